The van der Waals surface area contributed by atoms with Crippen molar-refractivity contribution in [2.75, 3.05) is 0 Å². The van der Waals surface area contributed by atoms with E-state index in [0.717, 1.165) is 1.93 Å². The molecule has 0 saturated carbocycles. The third-order valence-electron chi connectivity index (χ3n) is 3.97. The Morgan fingerprint density at radius 3 is 1.72 bits per heavy atom. The van der Waals surface area contributed by atoms with E-state index in [2.05, 4.69) is 74.1 Å². The van der Waals surface area contributed by atoms with Gasteiger partial charge >= 0.3 is 124 Å². The van der Waals surface area contributed by atoms with E-state index < -0.39 is 42.5 Å². The second-order valence-electron chi connectivity index (χ2n) is 8.25. The molecular weight excluding hydrogens is 488 g/mol. The standard InChI is InChI=1S/C12H21GeSi.3CH3.Pb/c1-13(2,3)11-14(4,5)12-9-7-6-8-10-12;;;;/h6-11H,1-5H3;3*1H3;. The molecule has 1 aromatic carbocycles. The summed E-state index contributed by atoms with van der Waals surface area (Å²) in [4.78, 5) is 0. The van der Waals surface area contributed by atoms with E-state index in [1.807, 2.05) is 0 Å². The zero-order valence-electron chi connectivity index (χ0n) is 13.5. The van der Waals surface area contributed by atoms with Crippen LogP contribution in [-0.2, 0) is 0 Å². The van der Waals surface area contributed by atoms with Crippen molar-refractivity contribution in [3.8, 4) is 0 Å². The van der Waals surface area contributed by atoms with Crippen molar-refractivity contribution in [1.29, 1.82) is 0 Å². The number of benzene rings is 1. The van der Waals surface area contributed by atoms with Crippen molar-refractivity contribution in [3.63, 3.8) is 0 Å². The van der Waals surface area contributed by atoms with Crippen molar-refractivity contribution in [2.24, 2.45) is 0 Å². The average molecular weight is 518 g/mol. The molecule has 0 aliphatic carbocycles. The van der Waals surface area contributed by atoms with Gasteiger partial charge in [-0.05, 0) is 0 Å². The van der Waals surface area contributed by atoms with Gasteiger partial charge in [-0.2, -0.15) is 0 Å². The fourth-order valence-corrected chi connectivity index (χ4v) is 110. The van der Waals surface area contributed by atoms with Crippen LogP contribution < -0.4 is 5.19 Å². The molecule has 0 radical (unpaired) electrons. The van der Waals surface area contributed by atoms with Crippen LogP contribution in [0.25, 0.3) is 0 Å². The Kier molecular flexibility index (Phi) is 5.39. The van der Waals surface area contributed by atoms with Crippen molar-refractivity contribution in [1.82, 2.24) is 0 Å². The van der Waals surface area contributed by atoms with Crippen molar-refractivity contribution < 1.29 is 0 Å². The molecular formula is C15H30GePbSi. The zero-order valence-corrected chi connectivity index (χ0v) is 20.4. The molecule has 0 spiro atoms. The van der Waals surface area contributed by atoms with Gasteiger partial charge in [-0.3, -0.25) is 0 Å². The summed E-state index contributed by atoms with van der Waals surface area (Å²) >= 11 is -3.63. The Bertz CT molecular complexity index is 373. The Balaban J connectivity index is 3.30. The van der Waals surface area contributed by atoms with Crippen LogP contribution in [0, 0.1) is 0 Å². The average Bonchev–Trinajstić information content (AvgIpc) is 2.13. The van der Waals surface area contributed by atoms with Crippen LogP contribution in [0.5, 0.6) is 0 Å². The summed E-state index contributed by atoms with van der Waals surface area (Å²) in [6.45, 7) is 5.27. The summed E-state index contributed by atoms with van der Waals surface area (Å²) in [6.07, 6.45) is 0. The Morgan fingerprint density at radius 1 is 0.944 bits per heavy atom. The number of rotatable bonds is 4. The first-order valence-corrected chi connectivity index (χ1v) is 31.5. The van der Waals surface area contributed by atoms with Crippen molar-refractivity contribution in [3.05, 3.63) is 30.3 Å². The molecule has 0 aliphatic rings. The summed E-state index contributed by atoms with van der Waals surface area (Å²) in [5.41, 5.74) is 0. The van der Waals surface area contributed by atoms with E-state index in [4.69, 9.17) is 0 Å². The number of hydrogen-bond donors (Lipinski definition) is 0. The molecule has 0 amide bonds. The third-order valence-corrected chi connectivity index (χ3v) is 76.1. The maximum atomic E-state index is 2.67. The molecule has 0 aromatic heterocycles. The van der Waals surface area contributed by atoms with Crippen LogP contribution in [-0.4, -0.2) is 42.5 Å². The fourth-order valence-electron chi connectivity index (χ4n) is 4.50. The van der Waals surface area contributed by atoms with Gasteiger partial charge in [-0.1, -0.05) is 0 Å². The van der Waals surface area contributed by atoms with E-state index >= 15 is 0 Å². The Hall–Kier alpha value is 0.902. The van der Waals surface area contributed by atoms with Crippen LogP contribution >= 0.6 is 0 Å². The van der Waals surface area contributed by atoms with Crippen LogP contribution in [0.4, 0.5) is 0 Å². The first-order chi connectivity index (χ1) is 7.97. The van der Waals surface area contributed by atoms with E-state index in [-0.39, 0.29) is 0 Å². The van der Waals surface area contributed by atoms with Gasteiger partial charge in [0.2, 0.25) is 0 Å². The first kappa shape index (κ1) is 17.0. The molecule has 0 fully saturated rings. The fraction of sp³-hybridized carbons (Fsp3) is 0.600. The molecule has 18 heavy (non-hydrogen) atoms. The topological polar surface area (TPSA) is 0 Å². The molecule has 0 bridgehead atoms. The quantitative estimate of drug-likeness (QED) is 0.506. The second kappa shape index (κ2) is 5.72. The van der Waals surface area contributed by atoms with E-state index in [9.17, 15) is 0 Å². The van der Waals surface area contributed by atoms with Crippen LogP contribution in [0.1, 0.15) is 0 Å². The van der Waals surface area contributed by atoms with Crippen LogP contribution in [0.3, 0.4) is 0 Å². The van der Waals surface area contributed by atoms with E-state index in [1.165, 1.54) is 0 Å². The van der Waals surface area contributed by atoms with Crippen molar-refractivity contribution in [2.45, 2.75) is 45.7 Å². The second-order valence-corrected chi connectivity index (χ2v) is 52.8. The summed E-state index contributed by atoms with van der Waals surface area (Å²) in [5.74, 6) is 7.94. The first-order valence-electron chi connectivity index (χ1n) is 7.03. The predicted molar refractivity (Wildman–Crippen MR) is 94.0 cm³/mol. The summed E-state index contributed by atoms with van der Waals surface area (Å²) in [6, 6.07) is 11.4. The molecule has 102 valence electrons. The summed E-state index contributed by atoms with van der Waals surface area (Å²) < 4.78 is 9.18. The molecule has 0 N–H and O–H groups in total. The van der Waals surface area contributed by atoms with Crippen LogP contribution in [0.15, 0.2) is 30.3 Å². The molecule has 1 aromatic rings. The van der Waals surface area contributed by atoms with Gasteiger partial charge in [-0.15, -0.1) is 0 Å². The van der Waals surface area contributed by atoms with Gasteiger partial charge in [0.1, 0.15) is 0 Å². The van der Waals surface area contributed by atoms with E-state index in [0.29, 0.717) is 0 Å². The summed E-state index contributed by atoms with van der Waals surface area (Å²) in [7, 11) is -1.30. The van der Waals surface area contributed by atoms with Gasteiger partial charge in [-0.25, -0.2) is 0 Å². The normalized spacial score (nSPS) is 15.6. The van der Waals surface area contributed by atoms with Crippen molar-refractivity contribution >= 4 is 47.7 Å². The molecule has 0 nitrogen and oxygen atoms in total. The van der Waals surface area contributed by atoms with Gasteiger partial charge in [0.05, 0.1) is 0 Å². The van der Waals surface area contributed by atoms with E-state index in [1.54, 1.807) is 5.19 Å². The molecule has 1 unspecified atom stereocenters. The number of hydrogen-bond acceptors (Lipinski definition) is 0. The monoisotopic (exact) mass is 520 g/mol. The van der Waals surface area contributed by atoms with Gasteiger partial charge in [0.25, 0.3) is 0 Å². The molecule has 0 heterocycles. The molecule has 0 aliphatic heterocycles. The third kappa shape index (κ3) is 3.95. The van der Waals surface area contributed by atoms with Gasteiger partial charge in [0.15, 0.2) is 0 Å². The predicted octanol–water partition coefficient (Wildman–Crippen LogP) is 4.73. The zero-order chi connectivity index (χ0) is 14.2. The minimum atomic E-state index is -2.01. The molecule has 3 heteroatoms. The van der Waals surface area contributed by atoms with Gasteiger partial charge in [0, 0.05) is 0 Å². The Labute approximate surface area is 123 Å². The molecule has 1 rings (SSSR count). The molecule has 0 saturated heterocycles. The SMILES string of the molecule is C[Si](C)(c1ccccc1)[CH]([Ge]([CH3])([CH3])[CH3])[Pb]([CH3])([CH3])[CH3]. The molecule has 1 atom stereocenters. The summed E-state index contributed by atoms with van der Waals surface area (Å²) in [5, 5.41) is 1.69. The maximum absolute atomic E-state index is 2.67. The Morgan fingerprint density at radius 2 is 1.39 bits per heavy atom. The minimum absolute atomic E-state index is 1.16. The van der Waals surface area contributed by atoms with Gasteiger partial charge < -0.3 is 0 Å². The van der Waals surface area contributed by atoms with Crippen LogP contribution in [0.2, 0.25) is 45.7 Å².